The first-order valence-corrected chi connectivity index (χ1v) is 11.9. The summed E-state index contributed by atoms with van der Waals surface area (Å²) in [7, 11) is 1.59. The molecule has 0 unspecified atom stereocenters. The van der Waals surface area contributed by atoms with Crippen LogP contribution in [0.4, 0.5) is 0 Å². The van der Waals surface area contributed by atoms with Crippen LogP contribution in [0, 0.1) is 3.57 Å². The number of carbonyl (C=O) groups is 1. The molecule has 32 heavy (non-hydrogen) atoms. The van der Waals surface area contributed by atoms with Gasteiger partial charge in [-0.1, -0.05) is 35.6 Å². The molecule has 1 aliphatic rings. The van der Waals surface area contributed by atoms with Crippen molar-refractivity contribution in [2.24, 2.45) is 4.99 Å². The molecular weight excluding hydrogens is 539 g/mol. The minimum atomic E-state index is -0.630. The number of benzene rings is 2. The van der Waals surface area contributed by atoms with E-state index < -0.39 is 12.0 Å². The molecule has 0 bridgehead atoms. The SMILES string of the molecule is CCOC(=O)C1=C(C)N=c2s/c(=C\c3ccc(I)cc3)c(=O)n2[C@@H]1c1ccc(OC)cc1. The van der Waals surface area contributed by atoms with E-state index in [0.29, 0.717) is 26.4 Å². The van der Waals surface area contributed by atoms with E-state index in [9.17, 15) is 9.59 Å². The first kappa shape index (κ1) is 22.5. The van der Waals surface area contributed by atoms with Crippen LogP contribution in [0.1, 0.15) is 31.0 Å². The fourth-order valence-corrected chi connectivity index (χ4v) is 5.01. The third-order valence-corrected chi connectivity index (χ3v) is 6.82. The summed E-state index contributed by atoms with van der Waals surface area (Å²) in [5, 5.41) is 0. The highest BCUT2D eigenvalue weighted by Gasteiger charge is 2.33. The molecule has 1 aliphatic heterocycles. The summed E-state index contributed by atoms with van der Waals surface area (Å²) in [6.45, 7) is 3.77. The van der Waals surface area contributed by atoms with Crippen molar-refractivity contribution in [2.45, 2.75) is 19.9 Å². The number of methoxy groups -OCH3 is 1. The molecule has 4 rings (SSSR count). The van der Waals surface area contributed by atoms with Gasteiger partial charge < -0.3 is 9.47 Å². The first-order valence-electron chi connectivity index (χ1n) is 10.0. The Balaban J connectivity index is 1.93. The van der Waals surface area contributed by atoms with Crippen LogP contribution in [0.2, 0.25) is 0 Å². The summed E-state index contributed by atoms with van der Waals surface area (Å²) in [5.74, 6) is 0.222. The number of carbonyl (C=O) groups excluding carboxylic acids is 1. The Hall–Kier alpha value is -2.72. The maximum atomic E-state index is 13.5. The lowest BCUT2D eigenvalue weighted by molar-refractivity contribution is -0.139. The first-order chi connectivity index (χ1) is 15.4. The number of esters is 1. The topological polar surface area (TPSA) is 69.9 Å². The second-order valence-electron chi connectivity index (χ2n) is 7.13. The Morgan fingerprint density at radius 2 is 1.88 bits per heavy atom. The van der Waals surface area contributed by atoms with Gasteiger partial charge in [0.1, 0.15) is 5.75 Å². The number of hydrogen-bond donors (Lipinski definition) is 0. The molecule has 0 fully saturated rings. The van der Waals surface area contributed by atoms with Gasteiger partial charge in [0.25, 0.3) is 5.56 Å². The third kappa shape index (κ3) is 4.29. The van der Waals surface area contributed by atoms with E-state index in [1.54, 1.807) is 25.5 Å². The molecule has 2 heterocycles. The van der Waals surface area contributed by atoms with Crippen molar-refractivity contribution in [2.75, 3.05) is 13.7 Å². The second-order valence-corrected chi connectivity index (χ2v) is 9.38. The van der Waals surface area contributed by atoms with Crippen LogP contribution < -0.4 is 19.6 Å². The van der Waals surface area contributed by atoms with Gasteiger partial charge in [-0.3, -0.25) is 9.36 Å². The Labute approximate surface area is 202 Å². The van der Waals surface area contributed by atoms with Crippen molar-refractivity contribution >= 4 is 46.0 Å². The number of allylic oxidation sites excluding steroid dienone is 1. The molecule has 0 amide bonds. The van der Waals surface area contributed by atoms with Crippen LogP contribution in [-0.2, 0) is 9.53 Å². The Kier molecular flexibility index (Phi) is 6.61. The van der Waals surface area contributed by atoms with Gasteiger partial charge in [0.15, 0.2) is 4.80 Å². The quantitative estimate of drug-likeness (QED) is 0.355. The lowest BCUT2D eigenvalue weighted by Gasteiger charge is -2.24. The van der Waals surface area contributed by atoms with Gasteiger partial charge in [-0.15, -0.1) is 0 Å². The molecule has 6 nitrogen and oxygen atoms in total. The molecule has 1 aromatic heterocycles. The molecule has 0 saturated heterocycles. The van der Waals surface area contributed by atoms with E-state index in [4.69, 9.17) is 9.47 Å². The van der Waals surface area contributed by atoms with E-state index in [0.717, 1.165) is 14.7 Å². The summed E-state index contributed by atoms with van der Waals surface area (Å²) >= 11 is 3.56. The zero-order valence-electron chi connectivity index (χ0n) is 17.8. The maximum Gasteiger partial charge on any atom is 0.338 e. The minimum Gasteiger partial charge on any atom is -0.497 e. The molecule has 2 aromatic carbocycles. The monoisotopic (exact) mass is 560 g/mol. The summed E-state index contributed by atoms with van der Waals surface area (Å²) in [6, 6.07) is 14.6. The smallest absolute Gasteiger partial charge is 0.338 e. The van der Waals surface area contributed by atoms with E-state index in [-0.39, 0.29) is 12.2 Å². The molecule has 0 spiro atoms. The molecule has 164 valence electrons. The zero-order chi connectivity index (χ0) is 22.8. The molecule has 8 heteroatoms. The molecular formula is C24H21IN2O4S. The van der Waals surface area contributed by atoms with Crippen molar-refractivity contribution in [3.63, 3.8) is 0 Å². The van der Waals surface area contributed by atoms with Gasteiger partial charge in [-0.05, 0) is 77.9 Å². The summed E-state index contributed by atoms with van der Waals surface area (Å²) in [4.78, 5) is 31.5. The van der Waals surface area contributed by atoms with Crippen LogP contribution >= 0.6 is 33.9 Å². The maximum absolute atomic E-state index is 13.5. The van der Waals surface area contributed by atoms with Crippen LogP contribution in [0.15, 0.2) is 69.6 Å². The summed E-state index contributed by atoms with van der Waals surface area (Å²) in [6.07, 6.45) is 1.86. The molecule has 0 saturated carbocycles. The number of hydrogen-bond acceptors (Lipinski definition) is 6. The van der Waals surface area contributed by atoms with Gasteiger partial charge in [0.05, 0.1) is 35.6 Å². The van der Waals surface area contributed by atoms with Crippen molar-refractivity contribution in [3.8, 4) is 5.75 Å². The highest BCUT2D eigenvalue weighted by Crippen LogP contribution is 2.31. The highest BCUT2D eigenvalue weighted by atomic mass is 127. The lowest BCUT2D eigenvalue weighted by atomic mass is 9.96. The van der Waals surface area contributed by atoms with Crippen LogP contribution in [0.3, 0.4) is 0 Å². The second kappa shape index (κ2) is 9.41. The molecule has 0 N–H and O–H groups in total. The van der Waals surface area contributed by atoms with E-state index in [2.05, 4.69) is 27.6 Å². The van der Waals surface area contributed by atoms with Crippen molar-refractivity contribution in [3.05, 3.63) is 94.2 Å². The molecule has 0 aliphatic carbocycles. The fraction of sp³-hybridized carbons (Fsp3) is 0.208. The largest absolute Gasteiger partial charge is 0.497 e. The third-order valence-electron chi connectivity index (χ3n) is 5.12. The Morgan fingerprint density at radius 1 is 1.19 bits per heavy atom. The average Bonchev–Trinajstić information content (AvgIpc) is 3.09. The van der Waals surface area contributed by atoms with Gasteiger partial charge in [-0.2, -0.15) is 0 Å². The Morgan fingerprint density at radius 3 is 2.50 bits per heavy atom. The van der Waals surface area contributed by atoms with Crippen molar-refractivity contribution in [1.29, 1.82) is 0 Å². The minimum absolute atomic E-state index is 0.192. The van der Waals surface area contributed by atoms with Crippen LogP contribution in [-0.4, -0.2) is 24.3 Å². The fourth-order valence-electron chi connectivity index (χ4n) is 3.60. The van der Waals surface area contributed by atoms with Crippen molar-refractivity contribution in [1.82, 2.24) is 4.57 Å². The predicted molar refractivity (Wildman–Crippen MR) is 133 cm³/mol. The molecule has 0 radical (unpaired) electrons. The summed E-state index contributed by atoms with van der Waals surface area (Å²) < 4.78 is 13.8. The average molecular weight is 560 g/mol. The number of fused-ring (bicyclic) bond motifs is 1. The number of rotatable bonds is 5. The number of ether oxygens (including phenoxy) is 2. The van der Waals surface area contributed by atoms with E-state index in [1.807, 2.05) is 54.6 Å². The lowest BCUT2D eigenvalue weighted by Crippen LogP contribution is -2.39. The predicted octanol–water partition coefficient (Wildman–Crippen LogP) is 3.41. The van der Waals surface area contributed by atoms with Gasteiger partial charge in [-0.25, -0.2) is 9.79 Å². The van der Waals surface area contributed by atoms with E-state index in [1.165, 1.54) is 11.3 Å². The van der Waals surface area contributed by atoms with Gasteiger partial charge in [0, 0.05) is 3.57 Å². The van der Waals surface area contributed by atoms with E-state index >= 15 is 0 Å². The van der Waals surface area contributed by atoms with Gasteiger partial charge in [0.2, 0.25) is 0 Å². The molecule has 3 aromatic rings. The summed E-state index contributed by atoms with van der Waals surface area (Å²) in [5.41, 5.74) is 2.43. The number of nitrogens with zero attached hydrogens (tertiary/aromatic N) is 2. The molecule has 1 atom stereocenters. The van der Waals surface area contributed by atoms with Gasteiger partial charge >= 0.3 is 5.97 Å². The number of halogens is 1. The Bertz CT molecular complexity index is 1370. The number of aromatic nitrogens is 1. The van der Waals surface area contributed by atoms with Crippen LogP contribution in [0.5, 0.6) is 5.75 Å². The number of thiazole rings is 1. The zero-order valence-corrected chi connectivity index (χ0v) is 20.8. The van der Waals surface area contributed by atoms with Crippen molar-refractivity contribution < 1.29 is 14.3 Å². The highest BCUT2D eigenvalue weighted by molar-refractivity contribution is 14.1. The normalized spacial score (nSPS) is 15.9. The van der Waals surface area contributed by atoms with Crippen LogP contribution in [0.25, 0.3) is 6.08 Å². The standard InChI is InChI=1S/C24H21IN2O4S/c1-4-31-23(29)20-14(2)26-24-27(21(20)16-7-11-18(30-3)12-8-16)22(28)19(32-24)13-15-5-9-17(25)10-6-15/h5-13,21H,4H2,1-3H3/b19-13-/t21-/m1/s1.